The smallest absolute Gasteiger partial charge is 0.127 e. The summed E-state index contributed by atoms with van der Waals surface area (Å²) in [7, 11) is 0. The maximum atomic E-state index is 5.72. The van der Waals surface area contributed by atoms with Crippen LogP contribution in [0.4, 0.5) is 0 Å². The Morgan fingerprint density at radius 1 is 0.842 bits per heavy atom. The lowest BCUT2D eigenvalue weighted by molar-refractivity contribution is 0.483. The van der Waals surface area contributed by atoms with Gasteiger partial charge in [0.15, 0.2) is 0 Å². The first kappa shape index (κ1) is 11.3. The molecule has 2 N–H and O–H groups in total. The van der Waals surface area contributed by atoms with Gasteiger partial charge in [0, 0.05) is 11.8 Å². The van der Waals surface area contributed by atoms with Gasteiger partial charge in [-0.1, -0.05) is 18.2 Å². The second kappa shape index (κ2) is 4.86. The van der Waals surface area contributed by atoms with Gasteiger partial charge >= 0.3 is 0 Å². The molecule has 3 rings (SSSR count). The van der Waals surface area contributed by atoms with Crippen LogP contribution < -0.4 is 10.6 Å². The molecular weight excluding hydrogens is 238 g/mol. The number of hydrogen-bond donors (Lipinski definition) is 1. The molecule has 0 saturated heterocycles. The number of ether oxygens (including phenoxy) is 1. The summed E-state index contributed by atoms with van der Waals surface area (Å²) in [5.74, 6) is 7.14. The van der Waals surface area contributed by atoms with Crippen molar-refractivity contribution in [2.45, 2.75) is 0 Å². The summed E-state index contributed by atoms with van der Waals surface area (Å²) in [5, 5.41) is 4.15. The van der Waals surface area contributed by atoms with E-state index in [0.29, 0.717) is 0 Å². The number of benzene rings is 2. The van der Waals surface area contributed by atoms with Crippen molar-refractivity contribution in [3.05, 3.63) is 66.9 Å². The Morgan fingerprint density at radius 3 is 2.16 bits per heavy atom. The minimum atomic E-state index is 0.794. The highest BCUT2D eigenvalue weighted by atomic mass is 16.5. The Morgan fingerprint density at radius 2 is 1.53 bits per heavy atom. The van der Waals surface area contributed by atoms with Crippen LogP contribution in [0.1, 0.15) is 0 Å². The van der Waals surface area contributed by atoms with Crippen LogP contribution in [0.3, 0.4) is 0 Å². The van der Waals surface area contributed by atoms with Crippen molar-refractivity contribution in [1.29, 1.82) is 0 Å². The summed E-state index contributed by atoms with van der Waals surface area (Å²) in [4.78, 5) is 1.30. The van der Waals surface area contributed by atoms with E-state index in [2.05, 4.69) is 5.10 Å². The van der Waals surface area contributed by atoms with Gasteiger partial charge in [-0.15, -0.1) is 0 Å². The Kier molecular flexibility index (Phi) is 2.90. The van der Waals surface area contributed by atoms with E-state index in [-0.39, 0.29) is 0 Å². The molecule has 0 fully saturated rings. The van der Waals surface area contributed by atoms with Gasteiger partial charge < -0.3 is 10.6 Å². The van der Waals surface area contributed by atoms with Crippen LogP contribution in [0.2, 0.25) is 0 Å². The molecule has 0 saturated carbocycles. The maximum absolute atomic E-state index is 5.72. The van der Waals surface area contributed by atoms with Gasteiger partial charge in [-0.2, -0.15) is 9.89 Å². The molecule has 1 aromatic heterocycles. The van der Waals surface area contributed by atoms with Gasteiger partial charge in [-0.05, 0) is 42.5 Å². The van der Waals surface area contributed by atoms with Crippen molar-refractivity contribution >= 4 is 0 Å². The highest BCUT2D eigenvalue weighted by Gasteiger charge is 2.02. The first-order chi connectivity index (χ1) is 9.31. The van der Waals surface area contributed by atoms with Gasteiger partial charge in [0.05, 0.1) is 5.69 Å². The molecule has 0 bridgehead atoms. The zero-order valence-electron chi connectivity index (χ0n) is 10.2. The van der Waals surface area contributed by atoms with Crippen LogP contribution in [-0.4, -0.2) is 9.89 Å². The van der Waals surface area contributed by atoms with Crippen molar-refractivity contribution in [2.75, 3.05) is 5.84 Å². The van der Waals surface area contributed by atoms with Crippen LogP contribution in [0.5, 0.6) is 11.5 Å². The molecule has 0 unspecified atom stereocenters. The van der Waals surface area contributed by atoms with Crippen molar-refractivity contribution in [2.24, 2.45) is 0 Å². The molecule has 0 aliphatic carbocycles. The molecule has 94 valence electrons. The van der Waals surface area contributed by atoms with E-state index < -0.39 is 0 Å². The van der Waals surface area contributed by atoms with Crippen LogP contribution in [-0.2, 0) is 0 Å². The second-order valence-corrected chi connectivity index (χ2v) is 4.12. The fraction of sp³-hybridized carbons (Fsp3) is 0. The highest BCUT2D eigenvalue weighted by molar-refractivity contribution is 5.59. The highest BCUT2D eigenvalue weighted by Crippen LogP contribution is 2.24. The fourth-order valence-electron chi connectivity index (χ4n) is 1.81. The first-order valence-electron chi connectivity index (χ1n) is 5.95. The molecule has 0 amide bonds. The number of nitrogens with zero attached hydrogens (tertiary/aromatic N) is 2. The van der Waals surface area contributed by atoms with Crippen LogP contribution in [0.25, 0.3) is 11.3 Å². The number of nitrogen functional groups attached to an aromatic ring is 1. The minimum absolute atomic E-state index is 0.794. The second-order valence-electron chi connectivity index (χ2n) is 4.12. The Labute approximate surface area is 111 Å². The van der Waals surface area contributed by atoms with Crippen molar-refractivity contribution < 1.29 is 4.74 Å². The SMILES string of the molecule is Nn1ccc(-c2ccc(Oc3ccccc3)cc2)n1. The monoisotopic (exact) mass is 251 g/mol. The van der Waals surface area contributed by atoms with Crippen molar-refractivity contribution in [1.82, 2.24) is 9.89 Å². The van der Waals surface area contributed by atoms with Gasteiger partial charge in [0.25, 0.3) is 0 Å². The third-order valence-corrected chi connectivity index (χ3v) is 2.74. The van der Waals surface area contributed by atoms with E-state index in [1.807, 2.05) is 60.7 Å². The lowest BCUT2D eigenvalue weighted by Crippen LogP contribution is -2.07. The Bertz CT molecular complexity index is 659. The molecule has 19 heavy (non-hydrogen) atoms. The predicted molar refractivity (Wildman–Crippen MR) is 74.3 cm³/mol. The minimum Gasteiger partial charge on any atom is -0.457 e. The average molecular weight is 251 g/mol. The number of aromatic nitrogens is 2. The molecular formula is C15H13N3O. The van der Waals surface area contributed by atoms with Crippen LogP contribution in [0, 0.1) is 0 Å². The maximum Gasteiger partial charge on any atom is 0.127 e. The number of rotatable bonds is 3. The van der Waals surface area contributed by atoms with Crippen LogP contribution >= 0.6 is 0 Å². The number of para-hydroxylation sites is 1. The fourth-order valence-corrected chi connectivity index (χ4v) is 1.81. The average Bonchev–Trinajstić information content (AvgIpc) is 2.87. The molecule has 0 aliphatic rings. The largest absolute Gasteiger partial charge is 0.457 e. The summed E-state index contributed by atoms with van der Waals surface area (Å²) < 4.78 is 5.72. The lowest BCUT2D eigenvalue weighted by Gasteiger charge is -2.05. The summed E-state index contributed by atoms with van der Waals surface area (Å²) in [6, 6.07) is 19.3. The van der Waals surface area contributed by atoms with E-state index in [1.54, 1.807) is 6.20 Å². The standard InChI is InChI=1S/C15H13N3O/c16-18-11-10-15(17-18)12-6-8-14(9-7-12)19-13-4-2-1-3-5-13/h1-11H,16H2. The Hall–Kier alpha value is -2.75. The van der Waals surface area contributed by atoms with E-state index in [0.717, 1.165) is 22.8 Å². The summed E-state index contributed by atoms with van der Waals surface area (Å²) in [6.07, 6.45) is 1.71. The molecule has 0 aliphatic heterocycles. The summed E-state index contributed by atoms with van der Waals surface area (Å²) in [6.45, 7) is 0. The van der Waals surface area contributed by atoms with Crippen LogP contribution in [0.15, 0.2) is 66.9 Å². The van der Waals surface area contributed by atoms with Gasteiger partial charge in [0.1, 0.15) is 11.5 Å². The van der Waals surface area contributed by atoms with Gasteiger partial charge in [-0.3, -0.25) is 0 Å². The lowest BCUT2D eigenvalue weighted by atomic mass is 10.1. The predicted octanol–water partition coefficient (Wildman–Crippen LogP) is 3.06. The summed E-state index contributed by atoms with van der Waals surface area (Å²) in [5.41, 5.74) is 1.85. The zero-order valence-corrected chi connectivity index (χ0v) is 10.2. The van der Waals surface area contributed by atoms with E-state index in [1.165, 1.54) is 4.79 Å². The molecule has 1 heterocycles. The topological polar surface area (TPSA) is 53.1 Å². The normalized spacial score (nSPS) is 10.3. The quantitative estimate of drug-likeness (QED) is 0.728. The van der Waals surface area contributed by atoms with Crippen molar-refractivity contribution in [3.8, 4) is 22.8 Å². The van der Waals surface area contributed by atoms with Gasteiger partial charge in [0.2, 0.25) is 0 Å². The molecule has 2 aromatic carbocycles. The number of nitrogens with two attached hydrogens (primary N) is 1. The summed E-state index contributed by atoms with van der Waals surface area (Å²) >= 11 is 0. The van der Waals surface area contributed by atoms with E-state index in [4.69, 9.17) is 10.6 Å². The first-order valence-corrected chi connectivity index (χ1v) is 5.95. The van der Waals surface area contributed by atoms with E-state index in [9.17, 15) is 0 Å². The molecule has 4 nitrogen and oxygen atoms in total. The molecule has 0 atom stereocenters. The third kappa shape index (κ3) is 2.57. The van der Waals surface area contributed by atoms with Crippen molar-refractivity contribution in [3.63, 3.8) is 0 Å². The van der Waals surface area contributed by atoms with Gasteiger partial charge in [-0.25, -0.2) is 0 Å². The molecule has 3 aromatic rings. The Balaban J connectivity index is 1.79. The molecule has 0 radical (unpaired) electrons. The molecule has 4 heteroatoms. The third-order valence-electron chi connectivity index (χ3n) is 2.74. The number of hydrogen-bond acceptors (Lipinski definition) is 3. The zero-order chi connectivity index (χ0) is 13.1. The molecule has 0 spiro atoms. The van der Waals surface area contributed by atoms with E-state index >= 15 is 0 Å².